The summed E-state index contributed by atoms with van der Waals surface area (Å²) in [6, 6.07) is 16.8. The number of aryl methyl sites for hydroxylation is 2. The number of amides is 2. The quantitative estimate of drug-likeness (QED) is 0.300. The van der Waals surface area contributed by atoms with Gasteiger partial charge in [-0.2, -0.15) is 5.10 Å². The van der Waals surface area contributed by atoms with E-state index in [4.69, 9.17) is 11.6 Å². The van der Waals surface area contributed by atoms with Crippen LogP contribution in [-0.4, -0.2) is 18.0 Å². The predicted molar refractivity (Wildman–Crippen MR) is 121 cm³/mol. The number of rotatable bonds is 5. The molecular weight excluding hydrogens is 419 g/mol. The lowest BCUT2D eigenvalue weighted by atomic mass is 10.1. The van der Waals surface area contributed by atoms with E-state index in [2.05, 4.69) is 21.2 Å². The molecule has 3 aromatic rings. The van der Waals surface area contributed by atoms with Crippen LogP contribution in [-0.2, 0) is 9.59 Å². The maximum Gasteiger partial charge on any atom is 0.329 e. The van der Waals surface area contributed by atoms with Crippen LogP contribution in [0.25, 0.3) is 0 Å². The first-order valence-corrected chi connectivity index (χ1v) is 9.74. The molecule has 0 heterocycles. The average Bonchev–Trinajstić information content (AvgIpc) is 2.74. The fraction of sp³-hybridized carbons (Fsp3) is 0.0870. The number of benzene rings is 3. The summed E-state index contributed by atoms with van der Waals surface area (Å²) in [5, 5.41) is 9.83. The molecule has 0 fully saturated rings. The first-order chi connectivity index (χ1) is 14.8. The van der Waals surface area contributed by atoms with E-state index in [0.717, 1.165) is 16.8 Å². The number of halogens is 2. The molecule has 0 saturated heterocycles. The Morgan fingerprint density at radius 3 is 2.48 bits per heavy atom. The van der Waals surface area contributed by atoms with Gasteiger partial charge >= 0.3 is 11.8 Å². The van der Waals surface area contributed by atoms with E-state index in [0.29, 0.717) is 16.3 Å². The highest BCUT2D eigenvalue weighted by atomic mass is 35.5. The van der Waals surface area contributed by atoms with Gasteiger partial charge in [-0.3, -0.25) is 9.59 Å². The largest absolute Gasteiger partial charge is 0.355 e. The number of hydrazone groups is 1. The van der Waals surface area contributed by atoms with Crippen LogP contribution in [0.15, 0.2) is 65.8 Å². The summed E-state index contributed by atoms with van der Waals surface area (Å²) in [6.45, 7) is 3.98. The van der Waals surface area contributed by atoms with E-state index >= 15 is 0 Å². The van der Waals surface area contributed by atoms with Gasteiger partial charge in [-0.25, -0.2) is 9.82 Å². The molecule has 158 valence electrons. The topological polar surface area (TPSA) is 82.6 Å². The van der Waals surface area contributed by atoms with Gasteiger partial charge in [0.15, 0.2) is 0 Å². The van der Waals surface area contributed by atoms with Gasteiger partial charge in [0.25, 0.3) is 0 Å². The highest BCUT2D eigenvalue weighted by Crippen LogP contribution is 2.26. The minimum atomic E-state index is -1.04. The third-order valence-electron chi connectivity index (χ3n) is 4.37. The number of nitrogens with one attached hydrogen (secondary N) is 3. The number of hydrogen-bond acceptors (Lipinski definition) is 4. The summed E-state index contributed by atoms with van der Waals surface area (Å²) in [5.74, 6) is -2.72. The van der Waals surface area contributed by atoms with Crippen molar-refractivity contribution in [2.45, 2.75) is 13.8 Å². The number of nitrogens with zero attached hydrogens (tertiary/aromatic N) is 1. The van der Waals surface area contributed by atoms with E-state index < -0.39 is 17.6 Å². The van der Waals surface area contributed by atoms with Crippen LogP contribution < -0.4 is 16.1 Å². The van der Waals surface area contributed by atoms with E-state index in [1.54, 1.807) is 24.3 Å². The van der Waals surface area contributed by atoms with E-state index in [-0.39, 0.29) is 5.69 Å². The Kier molecular flexibility index (Phi) is 6.99. The summed E-state index contributed by atoms with van der Waals surface area (Å²) in [7, 11) is 0. The van der Waals surface area contributed by atoms with Crippen LogP contribution >= 0.6 is 11.6 Å². The molecule has 0 aromatic heterocycles. The first kappa shape index (κ1) is 22.0. The molecule has 31 heavy (non-hydrogen) atoms. The predicted octanol–water partition coefficient (Wildman–Crippen LogP) is 4.93. The van der Waals surface area contributed by atoms with E-state index in [9.17, 15) is 14.0 Å². The molecular formula is C23H20ClFN4O2. The average molecular weight is 439 g/mol. The maximum absolute atomic E-state index is 13.6. The number of carbonyl (C=O) groups is 2. The summed E-state index contributed by atoms with van der Waals surface area (Å²) < 4.78 is 13.6. The molecule has 3 rings (SSSR count). The molecule has 0 aliphatic heterocycles. The van der Waals surface area contributed by atoms with E-state index in [1.165, 1.54) is 24.4 Å². The second-order valence-corrected chi connectivity index (χ2v) is 7.24. The summed E-state index contributed by atoms with van der Waals surface area (Å²) in [4.78, 5) is 23.9. The molecule has 3 N–H and O–H groups in total. The van der Waals surface area contributed by atoms with Gasteiger partial charge in [0.1, 0.15) is 5.82 Å². The molecule has 0 aliphatic carbocycles. The zero-order valence-corrected chi connectivity index (χ0v) is 17.6. The van der Waals surface area contributed by atoms with Crippen molar-refractivity contribution < 1.29 is 14.0 Å². The SMILES string of the molecule is Cc1ccc(C)c(Nc2ccc(Cl)cc2/C=N\NC(=O)C(=O)Nc2ccccc2F)c1. The lowest BCUT2D eigenvalue weighted by Crippen LogP contribution is -2.32. The lowest BCUT2D eigenvalue weighted by molar-refractivity contribution is -0.136. The Morgan fingerprint density at radius 2 is 1.71 bits per heavy atom. The van der Waals surface area contributed by atoms with Gasteiger partial charge in [0.05, 0.1) is 11.9 Å². The molecule has 6 nitrogen and oxygen atoms in total. The lowest BCUT2D eigenvalue weighted by Gasteiger charge is -2.13. The van der Waals surface area contributed by atoms with Gasteiger partial charge in [-0.05, 0) is 61.4 Å². The number of anilines is 3. The number of carbonyl (C=O) groups excluding carboxylic acids is 2. The zero-order chi connectivity index (χ0) is 22.4. The monoisotopic (exact) mass is 438 g/mol. The molecule has 0 bridgehead atoms. The number of hydrogen-bond donors (Lipinski definition) is 3. The van der Waals surface area contributed by atoms with Crippen molar-refractivity contribution in [1.29, 1.82) is 0 Å². The van der Waals surface area contributed by atoms with Gasteiger partial charge in [-0.15, -0.1) is 0 Å². The molecule has 0 saturated carbocycles. The van der Waals surface area contributed by atoms with Gasteiger partial charge in [0, 0.05) is 22.0 Å². The normalized spacial score (nSPS) is 10.7. The second kappa shape index (κ2) is 9.86. The van der Waals surface area contributed by atoms with Crippen LogP contribution in [0.3, 0.4) is 0 Å². The fourth-order valence-corrected chi connectivity index (χ4v) is 2.90. The Balaban J connectivity index is 1.71. The molecule has 0 aliphatic rings. The van der Waals surface area contributed by atoms with Crippen LogP contribution in [0.4, 0.5) is 21.5 Å². The van der Waals surface area contributed by atoms with Crippen molar-refractivity contribution in [1.82, 2.24) is 5.43 Å². The van der Waals surface area contributed by atoms with Crippen molar-refractivity contribution in [2.24, 2.45) is 5.10 Å². The van der Waals surface area contributed by atoms with Gasteiger partial charge < -0.3 is 10.6 Å². The van der Waals surface area contributed by atoms with Crippen LogP contribution in [0, 0.1) is 19.7 Å². The third kappa shape index (κ3) is 5.90. The minimum Gasteiger partial charge on any atom is -0.355 e. The van der Waals surface area contributed by atoms with E-state index in [1.807, 2.05) is 32.0 Å². The molecule has 0 atom stereocenters. The zero-order valence-electron chi connectivity index (χ0n) is 16.9. The smallest absolute Gasteiger partial charge is 0.329 e. The van der Waals surface area contributed by atoms with Crippen molar-refractivity contribution >= 4 is 46.7 Å². The number of para-hydroxylation sites is 1. The van der Waals surface area contributed by atoms with Crippen molar-refractivity contribution in [3.8, 4) is 0 Å². The first-order valence-electron chi connectivity index (χ1n) is 9.36. The maximum atomic E-state index is 13.6. The standard InChI is InChI=1S/C23H20ClFN4O2/c1-14-7-8-15(2)21(11-14)27-19-10-9-17(24)12-16(19)13-26-29-23(31)22(30)28-20-6-4-3-5-18(20)25/h3-13,27H,1-2H3,(H,28,30)(H,29,31)/b26-13-. The van der Waals surface area contributed by atoms with Gasteiger partial charge in [0.2, 0.25) is 0 Å². The second-order valence-electron chi connectivity index (χ2n) is 6.81. The Morgan fingerprint density at radius 1 is 0.935 bits per heavy atom. The van der Waals surface area contributed by atoms with Crippen molar-refractivity contribution in [2.75, 3.05) is 10.6 Å². The highest BCUT2D eigenvalue weighted by molar-refractivity contribution is 6.39. The Hall–Kier alpha value is -3.71. The Bertz CT molecular complexity index is 1160. The van der Waals surface area contributed by atoms with Crippen LogP contribution in [0.2, 0.25) is 5.02 Å². The molecule has 2 amide bonds. The highest BCUT2D eigenvalue weighted by Gasteiger charge is 2.14. The molecule has 3 aromatic carbocycles. The molecule has 8 heteroatoms. The van der Waals surface area contributed by atoms with Crippen molar-refractivity contribution in [3.63, 3.8) is 0 Å². The molecule has 0 spiro atoms. The van der Waals surface area contributed by atoms with Crippen LogP contribution in [0.1, 0.15) is 16.7 Å². The van der Waals surface area contributed by atoms with Gasteiger partial charge in [-0.1, -0.05) is 35.9 Å². The minimum absolute atomic E-state index is 0.0959. The Labute approximate surface area is 184 Å². The fourth-order valence-electron chi connectivity index (χ4n) is 2.72. The summed E-state index contributed by atoms with van der Waals surface area (Å²) in [6.07, 6.45) is 1.37. The van der Waals surface area contributed by atoms with Crippen molar-refractivity contribution in [3.05, 3.63) is 88.2 Å². The summed E-state index contributed by atoms with van der Waals surface area (Å²) >= 11 is 6.10. The molecule has 0 unspecified atom stereocenters. The third-order valence-corrected chi connectivity index (χ3v) is 4.61. The van der Waals surface area contributed by atoms with Crippen LogP contribution in [0.5, 0.6) is 0 Å². The molecule has 0 radical (unpaired) electrons. The summed E-state index contributed by atoms with van der Waals surface area (Å²) in [5.41, 5.74) is 6.43.